The minimum absolute atomic E-state index is 0.101. The molecule has 0 fully saturated rings. The lowest BCUT2D eigenvalue weighted by Crippen LogP contribution is -2.25. The van der Waals surface area contributed by atoms with Gasteiger partial charge in [0.25, 0.3) is 11.5 Å². The van der Waals surface area contributed by atoms with Crippen molar-refractivity contribution in [1.29, 1.82) is 0 Å². The molecule has 0 radical (unpaired) electrons. The Bertz CT molecular complexity index is 1730. The van der Waals surface area contributed by atoms with E-state index in [-0.39, 0.29) is 35.4 Å². The van der Waals surface area contributed by atoms with Crippen molar-refractivity contribution in [2.45, 2.75) is 13.0 Å². The summed E-state index contributed by atoms with van der Waals surface area (Å²) in [6.07, 6.45) is 2.80. The SMILES string of the molecule is CC(CO)Nc1n[nH]c2nccc(Oc3ccc(NC(=O)c4cn(C)n(-c5ccc(F)cc5)c4=O)cc3F)c12. The number of hydrogen-bond donors (Lipinski definition) is 4. The molecule has 0 saturated heterocycles. The van der Waals surface area contributed by atoms with E-state index in [1.807, 2.05) is 0 Å². The van der Waals surface area contributed by atoms with Crippen molar-refractivity contribution in [3.63, 3.8) is 0 Å². The first-order valence-corrected chi connectivity index (χ1v) is 11.8. The van der Waals surface area contributed by atoms with Crippen LogP contribution in [0.3, 0.4) is 0 Å². The Labute approximate surface area is 219 Å². The Morgan fingerprint density at radius 2 is 1.92 bits per heavy atom. The smallest absolute Gasteiger partial charge is 0.284 e. The van der Waals surface area contributed by atoms with Crippen LogP contribution in [0.25, 0.3) is 16.7 Å². The van der Waals surface area contributed by atoms with Gasteiger partial charge in [-0.1, -0.05) is 0 Å². The molecule has 0 bridgehead atoms. The molecule has 11 nitrogen and oxygen atoms in total. The van der Waals surface area contributed by atoms with Gasteiger partial charge < -0.3 is 20.5 Å². The molecule has 4 N–H and O–H groups in total. The lowest BCUT2D eigenvalue weighted by Gasteiger charge is -2.12. The van der Waals surface area contributed by atoms with Gasteiger partial charge in [0.2, 0.25) is 0 Å². The predicted octanol–water partition coefficient (Wildman–Crippen LogP) is 3.56. The van der Waals surface area contributed by atoms with Crippen LogP contribution in [0.1, 0.15) is 17.3 Å². The zero-order valence-corrected chi connectivity index (χ0v) is 20.8. The molecule has 200 valence electrons. The summed E-state index contributed by atoms with van der Waals surface area (Å²) in [6.45, 7) is 1.63. The normalized spacial score (nSPS) is 11.9. The Morgan fingerprint density at radius 1 is 1.15 bits per heavy atom. The third-order valence-corrected chi connectivity index (χ3v) is 5.86. The Morgan fingerprint density at radius 3 is 2.64 bits per heavy atom. The number of halogens is 2. The van der Waals surface area contributed by atoms with Gasteiger partial charge in [-0.05, 0) is 43.3 Å². The Balaban J connectivity index is 1.36. The van der Waals surface area contributed by atoms with Gasteiger partial charge in [0.05, 0.1) is 12.3 Å². The minimum Gasteiger partial charge on any atom is -0.453 e. The Hall–Kier alpha value is -5.04. The molecule has 0 aliphatic carbocycles. The van der Waals surface area contributed by atoms with Crippen molar-refractivity contribution in [2.24, 2.45) is 7.05 Å². The third kappa shape index (κ3) is 5.07. The van der Waals surface area contributed by atoms with Crippen LogP contribution in [-0.2, 0) is 7.05 Å². The van der Waals surface area contributed by atoms with Crippen LogP contribution in [0.15, 0.2) is 65.7 Å². The van der Waals surface area contributed by atoms with Crippen LogP contribution in [0.4, 0.5) is 20.3 Å². The first kappa shape index (κ1) is 25.6. The molecule has 5 aromatic rings. The molecule has 39 heavy (non-hydrogen) atoms. The van der Waals surface area contributed by atoms with E-state index in [1.165, 1.54) is 58.2 Å². The highest BCUT2D eigenvalue weighted by Gasteiger charge is 2.20. The van der Waals surface area contributed by atoms with Gasteiger partial charge in [0.1, 0.15) is 22.5 Å². The number of pyridine rings is 1. The lowest BCUT2D eigenvalue weighted by molar-refractivity contribution is 0.102. The molecule has 1 atom stereocenters. The van der Waals surface area contributed by atoms with E-state index >= 15 is 4.39 Å². The standard InChI is InChI=1S/C26H23F2N7O4/c1-14(13-36)30-24-22-21(9-10-29-23(22)32-33-24)39-20-8-5-16(11-19(20)28)31-25(37)18-12-34(2)35(26(18)38)17-6-3-15(27)4-7-17/h3-12,14,36H,13H2,1-2H3,(H,31,37)(H2,29,30,32,33). The summed E-state index contributed by atoms with van der Waals surface area (Å²) < 4.78 is 36.7. The topological polar surface area (TPSA) is 139 Å². The van der Waals surface area contributed by atoms with Crippen molar-refractivity contribution in [2.75, 3.05) is 17.2 Å². The molecule has 1 unspecified atom stereocenters. The van der Waals surface area contributed by atoms with Crippen molar-refractivity contribution >= 4 is 28.4 Å². The number of amides is 1. The first-order valence-electron chi connectivity index (χ1n) is 11.8. The number of carbonyl (C=O) groups excluding carboxylic acids is 1. The number of aryl methyl sites for hydroxylation is 1. The molecule has 0 saturated carbocycles. The molecule has 0 aliphatic rings. The fourth-order valence-electron chi connectivity index (χ4n) is 3.96. The summed E-state index contributed by atoms with van der Waals surface area (Å²) in [6, 6.07) is 10.3. The number of benzene rings is 2. The molecule has 2 aromatic carbocycles. The molecule has 3 heterocycles. The fourth-order valence-corrected chi connectivity index (χ4v) is 3.96. The van der Waals surface area contributed by atoms with Crippen molar-refractivity contribution in [3.8, 4) is 17.2 Å². The van der Waals surface area contributed by atoms with Crippen LogP contribution >= 0.6 is 0 Å². The number of aromatic nitrogens is 5. The van der Waals surface area contributed by atoms with Crippen molar-refractivity contribution in [1.82, 2.24) is 24.5 Å². The maximum absolute atomic E-state index is 15.0. The summed E-state index contributed by atoms with van der Waals surface area (Å²) in [5.74, 6) is -1.44. The number of aliphatic hydroxyl groups is 1. The zero-order valence-electron chi connectivity index (χ0n) is 20.8. The van der Waals surface area contributed by atoms with Crippen LogP contribution in [0, 0.1) is 11.6 Å². The maximum Gasteiger partial charge on any atom is 0.284 e. The first-order chi connectivity index (χ1) is 18.7. The van der Waals surface area contributed by atoms with E-state index in [4.69, 9.17) is 4.74 Å². The summed E-state index contributed by atoms with van der Waals surface area (Å²) in [4.78, 5) is 29.9. The van der Waals surface area contributed by atoms with E-state index in [1.54, 1.807) is 20.0 Å². The van der Waals surface area contributed by atoms with Crippen LogP contribution < -0.4 is 20.9 Å². The largest absolute Gasteiger partial charge is 0.453 e. The average Bonchev–Trinajstić information content (AvgIpc) is 3.46. The number of rotatable bonds is 8. The van der Waals surface area contributed by atoms with Crippen LogP contribution in [-0.4, -0.2) is 48.2 Å². The number of nitrogens with one attached hydrogen (secondary N) is 3. The number of anilines is 2. The van der Waals surface area contributed by atoms with E-state index in [0.717, 1.165) is 6.07 Å². The molecular weight excluding hydrogens is 512 g/mol. The molecule has 0 spiro atoms. The van der Waals surface area contributed by atoms with E-state index in [9.17, 15) is 19.1 Å². The molecule has 0 aliphatic heterocycles. The van der Waals surface area contributed by atoms with E-state index < -0.39 is 23.1 Å². The summed E-state index contributed by atoms with van der Waals surface area (Å²) >= 11 is 0. The van der Waals surface area contributed by atoms with Crippen molar-refractivity contribution in [3.05, 3.63) is 88.5 Å². The van der Waals surface area contributed by atoms with Crippen molar-refractivity contribution < 1.29 is 23.4 Å². The number of fused-ring (bicyclic) bond motifs is 1. The highest BCUT2D eigenvalue weighted by molar-refractivity contribution is 6.04. The minimum atomic E-state index is -0.767. The number of aliphatic hydroxyl groups excluding tert-OH is 1. The second-order valence-corrected chi connectivity index (χ2v) is 8.74. The number of aromatic amines is 1. The maximum atomic E-state index is 15.0. The Kier molecular flexibility index (Phi) is 6.81. The number of hydrogen-bond acceptors (Lipinski definition) is 7. The molecule has 5 rings (SSSR count). The van der Waals surface area contributed by atoms with Gasteiger partial charge in [-0.2, -0.15) is 5.10 Å². The molecule has 3 aromatic heterocycles. The number of nitrogens with zero attached hydrogens (tertiary/aromatic N) is 4. The molecule has 13 heteroatoms. The fraction of sp³-hybridized carbons (Fsp3) is 0.154. The van der Waals surface area contributed by atoms with Gasteiger partial charge in [-0.15, -0.1) is 0 Å². The number of H-pyrrole nitrogens is 1. The average molecular weight is 536 g/mol. The zero-order chi connectivity index (χ0) is 27.7. The van der Waals surface area contributed by atoms with Gasteiger partial charge in [-0.25, -0.2) is 18.4 Å². The van der Waals surface area contributed by atoms with Crippen LogP contribution in [0.2, 0.25) is 0 Å². The van der Waals surface area contributed by atoms with Crippen LogP contribution in [0.5, 0.6) is 11.5 Å². The van der Waals surface area contributed by atoms with E-state index in [0.29, 0.717) is 22.5 Å². The predicted molar refractivity (Wildman–Crippen MR) is 139 cm³/mol. The number of carbonyl (C=O) groups is 1. The second kappa shape index (κ2) is 10.4. The van der Waals surface area contributed by atoms with Gasteiger partial charge >= 0.3 is 0 Å². The summed E-state index contributed by atoms with van der Waals surface area (Å²) in [5.41, 5.74) is 0.0764. The lowest BCUT2D eigenvalue weighted by atomic mass is 10.2. The van der Waals surface area contributed by atoms with Gasteiger partial charge in [-0.3, -0.25) is 19.4 Å². The van der Waals surface area contributed by atoms with E-state index in [2.05, 4.69) is 25.8 Å². The highest BCUT2D eigenvalue weighted by atomic mass is 19.1. The highest BCUT2D eigenvalue weighted by Crippen LogP contribution is 2.34. The molecule has 1 amide bonds. The third-order valence-electron chi connectivity index (χ3n) is 5.86. The second-order valence-electron chi connectivity index (χ2n) is 8.74. The summed E-state index contributed by atoms with van der Waals surface area (Å²) in [5, 5.41) is 22.2. The van der Waals surface area contributed by atoms with Gasteiger partial charge in [0.15, 0.2) is 23.0 Å². The summed E-state index contributed by atoms with van der Waals surface area (Å²) in [7, 11) is 1.56. The number of ether oxygens (including phenoxy) is 1. The van der Waals surface area contributed by atoms with Gasteiger partial charge in [0, 0.05) is 43.3 Å². The quantitative estimate of drug-likeness (QED) is 0.238. The molecular formula is C26H23F2N7O4. The monoisotopic (exact) mass is 535 g/mol.